The van der Waals surface area contributed by atoms with E-state index in [1.54, 1.807) is 24.3 Å². The molecule has 0 aromatic carbocycles. The molecule has 21 heavy (non-hydrogen) atoms. The lowest BCUT2D eigenvalue weighted by atomic mass is 10.1. The second-order valence-electron chi connectivity index (χ2n) is 5.45. The molecule has 1 aliphatic heterocycles. The van der Waals surface area contributed by atoms with E-state index in [4.69, 9.17) is 0 Å². The zero-order valence-corrected chi connectivity index (χ0v) is 12.6. The van der Waals surface area contributed by atoms with Crippen LogP contribution in [0.2, 0.25) is 0 Å². The molecule has 1 aromatic rings. The molecule has 1 N–H and O–H groups in total. The zero-order valence-electron chi connectivity index (χ0n) is 12.6. The third-order valence-electron chi connectivity index (χ3n) is 3.77. The van der Waals surface area contributed by atoms with Crippen LogP contribution in [0, 0.1) is 5.92 Å². The second kappa shape index (κ2) is 7.17. The maximum atomic E-state index is 12.4. The predicted molar refractivity (Wildman–Crippen MR) is 79.6 cm³/mol. The number of carbonyl (C=O) groups excluding carboxylic acids is 2. The second-order valence-corrected chi connectivity index (χ2v) is 5.45. The SMILES string of the molecule is CNC(=O)[C@H]1CN(C)CCN(C(=O)Cc2cccnc2)C1. The minimum absolute atomic E-state index is 0.0112. The summed E-state index contributed by atoms with van der Waals surface area (Å²) >= 11 is 0. The van der Waals surface area contributed by atoms with Crippen molar-refractivity contribution in [2.45, 2.75) is 6.42 Å². The molecule has 6 heteroatoms. The molecule has 6 nitrogen and oxygen atoms in total. The Labute approximate surface area is 125 Å². The first kappa shape index (κ1) is 15.4. The summed E-state index contributed by atoms with van der Waals surface area (Å²) in [6.45, 7) is 2.59. The summed E-state index contributed by atoms with van der Waals surface area (Å²) in [5, 5.41) is 2.68. The quantitative estimate of drug-likeness (QED) is 0.834. The van der Waals surface area contributed by atoms with Gasteiger partial charge in [0.1, 0.15) is 0 Å². The normalized spacial score (nSPS) is 19.9. The van der Waals surface area contributed by atoms with E-state index < -0.39 is 0 Å². The summed E-state index contributed by atoms with van der Waals surface area (Å²) in [5.74, 6) is -0.143. The van der Waals surface area contributed by atoms with Gasteiger partial charge in [0.2, 0.25) is 11.8 Å². The van der Waals surface area contributed by atoms with Crippen molar-refractivity contribution in [2.24, 2.45) is 5.92 Å². The summed E-state index contributed by atoms with van der Waals surface area (Å²) in [6.07, 6.45) is 3.73. The van der Waals surface area contributed by atoms with Gasteiger partial charge in [-0.1, -0.05) is 6.07 Å². The van der Waals surface area contributed by atoms with Gasteiger partial charge in [0.05, 0.1) is 12.3 Å². The highest BCUT2D eigenvalue weighted by molar-refractivity contribution is 5.82. The van der Waals surface area contributed by atoms with Crippen LogP contribution in [0.4, 0.5) is 0 Å². The van der Waals surface area contributed by atoms with Gasteiger partial charge in [0.15, 0.2) is 0 Å². The van der Waals surface area contributed by atoms with Gasteiger partial charge in [-0.05, 0) is 18.7 Å². The molecule has 2 rings (SSSR count). The Morgan fingerprint density at radius 3 is 2.86 bits per heavy atom. The number of hydrogen-bond donors (Lipinski definition) is 1. The van der Waals surface area contributed by atoms with Crippen LogP contribution in [0.3, 0.4) is 0 Å². The highest BCUT2D eigenvalue weighted by Gasteiger charge is 2.28. The topological polar surface area (TPSA) is 65.5 Å². The molecule has 0 bridgehead atoms. The number of nitrogens with one attached hydrogen (secondary N) is 1. The largest absolute Gasteiger partial charge is 0.359 e. The molecular formula is C15H22N4O2. The Morgan fingerprint density at radius 1 is 1.38 bits per heavy atom. The molecule has 0 saturated carbocycles. The van der Waals surface area contributed by atoms with E-state index in [9.17, 15) is 9.59 Å². The Kier molecular flexibility index (Phi) is 5.27. The lowest BCUT2D eigenvalue weighted by molar-refractivity contribution is -0.132. The highest BCUT2D eigenvalue weighted by atomic mass is 16.2. The number of carbonyl (C=O) groups is 2. The van der Waals surface area contributed by atoms with E-state index in [1.165, 1.54) is 0 Å². The van der Waals surface area contributed by atoms with E-state index >= 15 is 0 Å². The summed E-state index contributed by atoms with van der Waals surface area (Å²) in [4.78, 5) is 32.2. The van der Waals surface area contributed by atoms with Gasteiger partial charge in [-0.25, -0.2) is 0 Å². The minimum atomic E-state index is -0.180. The molecule has 1 atom stereocenters. The molecule has 1 saturated heterocycles. The van der Waals surface area contributed by atoms with Gasteiger partial charge in [-0.15, -0.1) is 0 Å². The molecular weight excluding hydrogens is 268 g/mol. The fraction of sp³-hybridized carbons (Fsp3) is 0.533. The van der Waals surface area contributed by atoms with Crippen LogP contribution in [0.1, 0.15) is 5.56 Å². The fourth-order valence-electron chi connectivity index (χ4n) is 2.56. The summed E-state index contributed by atoms with van der Waals surface area (Å²) in [6, 6.07) is 3.72. The van der Waals surface area contributed by atoms with Crippen molar-refractivity contribution in [1.82, 2.24) is 20.1 Å². The van der Waals surface area contributed by atoms with Crippen LogP contribution in [0.25, 0.3) is 0 Å². The third-order valence-corrected chi connectivity index (χ3v) is 3.77. The molecule has 1 aromatic heterocycles. The summed E-state index contributed by atoms with van der Waals surface area (Å²) < 4.78 is 0. The molecule has 0 spiro atoms. The van der Waals surface area contributed by atoms with E-state index in [0.717, 1.165) is 12.1 Å². The first-order chi connectivity index (χ1) is 10.1. The van der Waals surface area contributed by atoms with Crippen molar-refractivity contribution in [3.05, 3.63) is 30.1 Å². The Balaban J connectivity index is 2.03. The lowest BCUT2D eigenvalue weighted by Crippen LogP contribution is -2.41. The Hall–Kier alpha value is -1.95. The van der Waals surface area contributed by atoms with Gasteiger partial charge in [-0.3, -0.25) is 14.6 Å². The smallest absolute Gasteiger partial charge is 0.227 e. The van der Waals surface area contributed by atoms with Crippen molar-refractivity contribution in [3.8, 4) is 0 Å². The zero-order chi connectivity index (χ0) is 15.2. The maximum absolute atomic E-state index is 12.4. The van der Waals surface area contributed by atoms with Crippen LogP contribution in [-0.4, -0.2) is 66.9 Å². The van der Waals surface area contributed by atoms with Gasteiger partial charge in [0, 0.05) is 45.6 Å². The van der Waals surface area contributed by atoms with Crippen molar-refractivity contribution >= 4 is 11.8 Å². The first-order valence-electron chi connectivity index (χ1n) is 7.17. The number of nitrogens with zero attached hydrogens (tertiary/aromatic N) is 3. The molecule has 1 aliphatic rings. The molecule has 0 unspecified atom stereocenters. The Morgan fingerprint density at radius 2 is 2.19 bits per heavy atom. The van der Waals surface area contributed by atoms with Crippen LogP contribution in [0.5, 0.6) is 0 Å². The van der Waals surface area contributed by atoms with Gasteiger partial charge >= 0.3 is 0 Å². The fourth-order valence-corrected chi connectivity index (χ4v) is 2.56. The number of likely N-dealkylation sites (N-methyl/N-ethyl adjacent to an activating group) is 1. The number of amides is 2. The number of aromatic nitrogens is 1. The van der Waals surface area contributed by atoms with Crippen LogP contribution < -0.4 is 5.32 Å². The standard InChI is InChI=1S/C15H22N4O2/c1-16-15(21)13-10-18(2)6-7-19(11-13)14(20)8-12-4-3-5-17-9-12/h3-5,9,13H,6-8,10-11H2,1-2H3,(H,16,21)/t13-/m0/s1. The summed E-state index contributed by atoms with van der Waals surface area (Å²) in [5.41, 5.74) is 0.900. The molecule has 2 amide bonds. The monoisotopic (exact) mass is 290 g/mol. The van der Waals surface area contributed by atoms with Crippen LogP contribution >= 0.6 is 0 Å². The number of pyridine rings is 1. The van der Waals surface area contributed by atoms with Gasteiger partial charge in [-0.2, -0.15) is 0 Å². The minimum Gasteiger partial charge on any atom is -0.359 e. The van der Waals surface area contributed by atoms with Gasteiger partial charge in [0.25, 0.3) is 0 Å². The van der Waals surface area contributed by atoms with E-state index in [2.05, 4.69) is 15.2 Å². The third kappa shape index (κ3) is 4.26. The highest BCUT2D eigenvalue weighted by Crippen LogP contribution is 2.11. The molecule has 0 aliphatic carbocycles. The first-order valence-corrected chi connectivity index (χ1v) is 7.17. The van der Waals surface area contributed by atoms with E-state index in [-0.39, 0.29) is 17.7 Å². The predicted octanol–water partition coefficient (Wildman–Crippen LogP) is -0.240. The molecule has 2 heterocycles. The van der Waals surface area contributed by atoms with E-state index in [1.807, 2.05) is 19.2 Å². The molecule has 1 fully saturated rings. The maximum Gasteiger partial charge on any atom is 0.227 e. The lowest BCUT2D eigenvalue weighted by Gasteiger charge is -2.23. The average molecular weight is 290 g/mol. The molecule has 0 radical (unpaired) electrons. The van der Waals surface area contributed by atoms with Crippen LogP contribution in [-0.2, 0) is 16.0 Å². The number of rotatable bonds is 3. The van der Waals surface area contributed by atoms with Crippen molar-refractivity contribution in [1.29, 1.82) is 0 Å². The van der Waals surface area contributed by atoms with Crippen molar-refractivity contribution in [2.75, 3.05) is 40.3 Å². The molecule has 114 valence electrons. The summed E-state index contributed by atoms with van der Waals surface area (Å²) in [7, 11) is 3.61. The van der Waals surface area contributed by atoms with Crippen molar-refractivity contribution < 1.29 is 9.59 Å². The Bertz CT molecular complexity index is 492. The van der Waals surface area contributed by atoms with Crippen LogP contribution in [0.15, 0.2) is 24.5 Å². The van der Waals surface area contributed by atoms with Crippen molar-refractivity contribution in [3.63, 3.8) is 0 Å². The number of hydrogen-bond acceptors (Lipinski definition) is 4. The van der Waals surface area contributed by atoms with E-state index in [0.29, 0.717) is 26.1 Å². The average Bonchev–Trinajstić information content (AvgIpc) is 2.69. The van der Waals surface area contributed by atoms with Gasteiger partial charge < -0.3 is 15.1 Å².